The second kappa shape index (κ2) is 8.33. The average molecular weight is 328 g/mol. The molecule has 1 rings (SSSR count). The van der Waals surface area contributed by atoms with Gasteiger partial charge in [0.15, 0.2) is 0 Å². The number of hydrogen-bond donors (Lipinski definition) is 1. The minimum Gasteiger partial charge on any atom is -0.374 e. The number of amides is 1. The first-order chi connectivity index (χ1) is 9.02. The van der Waals surface area contributed by atoms with Gasteiger partial charge in [0.25, 0.3) is 0 Å². The van der Waals surface area contributed by atoms with Gasteiger partial charge in [0.2, 0.25) is 5.91 Å². The Morgan fingerprint density at radius 2 is 1.95 bits per heavy atom. The molecule has 1 aromatic carbocycles. The molecule has 1 N–H and O–H groups in total. The highest BCUT2D eigenvalue weighted by molar-refractivity contribution is 9.10. The second-order valence-corrected chi connectivity index (χ2v) is 5.75. The number of carbonyl (C=O) groups is 1. The predicted octanol–water partition coefficient (Wildman–Crippen LogP) is 3.52. The molecule has 1 amide bonds. The van der Waals surface area contributed by atoms with Crippen LogP contribution in [-0.2, 0) is 16.1 Å². The van der Waals surface area contributed by atoms with E-state index >= 15 is 0 Å². The van der Waals surface area contributed by atoms with Gasteiger partial charge in [-0.15, -0.1) is 0 Å². The van der Waals surface area contributed by atoms with Crippen LogP contribution in [0.5, 0.6) is 0 Å². The highest BCUT2D eigenvalue weighted by Crippen LogP contribution is 2.16. The van der Waals surface area contributed by atoms with Crippen molar-refractivity contribution in [1.29, 1.82) is 0 Å². The molecule has 0 fully saturated rings. The van der Waals surface area contributed by atoms with Crippen molar-refractivity contribution in [3.63, 3.8) is 0 Å². The zero-order valence-electron chi connectivity index (χ0n) is 11.8. The normalized spacial score (nSPS) is 13.9. The van der Waals surface area contributed by atoms with E-state index in [0.717, 1.165) is 16.5 Å². The molecule has 106 valence electrons. The number of ether oxygens (including phenoxy) is 1. The molecule has 0 aliphatic heterocycles. The molecule has 19 heavy (non-hydrogen) atoms. The van der Waals surface area contributed by atoms with E-state index < -0.39 is 0 Å². The highest BCUT2D eigenvalue weighted by atomic mass is 79.9. The van der Waals surface area contributed by atoms with E-state index in [9.17, 15) is 4.79 Å². The third-order valence-corrected chi connectivity index (χ3v) is 3.86. The van der Waals surface area contributed by atoms with Gasteiger partial charge in [-0.05, 0) is 37.0 Å². The first-order valence-corrected chi connectivity index (χ1v) is 7.39. The van der Waals surface area contributed by atoms with Crippen LogP contribution in [0.2, 0.25) is 0 Å². The zero-order chi connectivity index (χ0) is 14.3. The summed E-state index contributed by atoms with van der Waals surface area (Å²) in [6.07, 6.45) is 1.55. The summed E-state index contributed by atoms with van der Waals surface area (Å²) < 4.78 is 6.92. The van der Waals surface area contributed by atoms with Crippen LogP contribution in [0.4, 0.5) is 0 Å². The van der Waals surface area contributed by atoms with Crippen molar-refractivity contribution in [3.8, 4) is 0 Å². The van der Waals surface area contributed by atoms with Gasteiger partial charge in [0.05, 0.1) is 12.7 Å². The van der Waals surface area contributed by atoms with Crippen LogP contribution < -0.4 is 5.32 Å². The van der Waals surface area contributed by atoms with Crippen LogP contribution in [0, 0.1) is 5.92 Å². The summed E-state index contributed by atoms with van der Waals surface area (Å²) in [5.41, 5.74) is 1.16. The predicted molar refractivity (Wildman–Crippen MR) is 80.9 cm³/mol. The Morgan fingerprint density at radius 1 is 1.32 bits per heavy atom. The highest BCUT2D eigenvalue weighted by Gasteiger charge is 2.14. The van der Waals surface area contributed by atoms with Gasteiger partial charge in [-0.1, -0.05) is 35.0 Å². The number of benzene rings is 1. The largest absolute Gasteiger partial charge is 0.374 e. The van der Waals surface area contributed by atoms with E-state index in [-0.39, 0.29) is 12.0 Å². The Labute approximate surface area is 123 Å². The summed E-state index contributed by atoms with van der Waals surface area (Å²) in [6.45, 7) is 4.79. The third-order valence-electron chi connectivity index (χ3n) is 3.33. The van der Waals surface area contributed by atoms with E-state index in [2.05, 4.69) is 35.1 Å². The molecular formula is C15H22BrNO2. The van der Waals surface area contributed by atoms with Gasteiger partial charge in [-0.25, -0.2) is 0 Å². The molecule has 0 bridgehead atoms. The minimum absolute atomic E-state index is 0.0898. The van der Waals surface area contributed by atoms with E-state index in [1.54, 1.807) is 7.05 Å². The lowest BCUT2D eigenvalue weighted by molar-refractivity contribution is -0.121. The van der Waals surface area contributed by atoms with Crippen molar-refractivity contribution in [3.05, 3.63) is 34.3 Å². The van der Waals surface area contributed by atoms with Crippen molar-refractivity contribution in [2.45, 2.75) is 39.4 Å². The van der Waals surface area contributed by atoms with E-state index in [0.29, 0.717) is 18.9 Å². The molecule has 0 aliphatic carbocycles. The molecule has 4 heteroatoms. The van der Waals surface area contributed by atoms with Crippen LogP contribution in [0.25, 0.3) is 0 Å². The van der Waals surface area contributed by atoms with Gasteiger partial charge in [0, 0.05) is 17.9 Å². The number of carbonyl (C=O) groups excluding carboxylic acids is 1. The van der Waals surface area contributed by atoms with Gasteiger partial charge >= 0.3 is 0 Å². The molecule has 2 atom stereocenters. The van der Waals surface area contributed by atoms with Gasteiger partial charge in [-0.2, -0.15) is 0 Å². The van der Waals surface area contributed by atoms with Crippen LogP contribution in [-0.4, -0.2) is 19.1 Å². The van der Waals surface area contributed by atoms with E-state index in [1.165, 1.54) is 0 Å². The van der Waals surface area contributed by atoms with Gasteiger partial charge < -0.3 is 10.1 Å². The van der Waals surface area contributed by atoms with Crippen LogP contribution in [0.3, 0.4) is 0 Å². The minimum atomic E-state index is 0.0898. The maximum Gasteiger partial charge on any atom is 0.219 e. The molecule has 0 heterocycles. The Hall–Kier alpha value is -0.870. The maximum absolute atomic E-state index is 11.2. The smallest absolute Gasteiger partial charge is 0.219 e. The maximum atomic E-state index is 11.2. The van der Waals surface area contributed by atoms with Crippen molar-refractivity contribution < 1.29 is 9.53 Å². The first kappa shape index (κ1) is 16.2. The molecule has 0 radical (unpaired) electrons. The monoisotopic (exact) mass is 327 g/mol. The standard InChI is InChI=1S/C15H22BrNO2/c1-11(4-9-15(18)17-3)12(2)19-10-13-5-7-14(16)8-6-13/h5-8,11-12H,4,9-10H2,1-3H3,(H,17,18)/t11-,12+/m0/s1. The second-order valence-electron chi connectivity index (χ2n) is 4.83. The van der Waals surface area contributed by atoms with Crippen molar-refractivity contribution in [1.82, 2.24) is 5.32 Å². The van der Waals surface area contributed by atoms with Crippen molar-refractivity contribution in [2.24, 2.45) is 5.92 Å². The Bertz CT molecular complexity index is 392. The Balaban J connectivity index is 2.31. The number of nitrogens with one attached hydrogen (secondary N) is 1. The van der Waals surface area contributed by atoms with Crippen molar-refractivity contribution >= 4 is 21.8 Å². The lowest BCUT2D eigenvalue weighted by Gasteiger charge is -2.20. The molecule has 0 spiro atoms. The number of halogens is 1. The van der Waals surface area contributed by atoms with Crippen LogP contribution >= 0.6 is 15.9 Å². The molecule has 3 nitrogen and oxygen atoms in total. The third kappa shape index (κ3) is 6.21. The molecule has 0 aromatic heterocycles. The molecule has 0 unspecified atom stereocenters. The Morgan fingerprint density at radius 3 is 2.53 bits per heavy atom. The molecular weight excluding hydrogens is 306 g/mol. The fourth-order valence-electron chi connectivity index (χ4n) is 1.69. The average Bonchev–Trinajstić information content (AvgIpc) is 2.43. The summed E-state index contributed by atoms with van der Waals surface area (Å²) >= 11 is 3.41. The summed E-state index contributed by atoms with van der Waals surface area (Å²) in [7, 11) is 1.67. The quantitative estimate of drug-likeness (QED) is 0.832. The van der Waals surface area contributed by atoms with Gasteiger partial charge in [0.1, 0.15) is 0 Å². The summed E-state index contributed by atoms with van der Waals surface area (Å²) in [6, 6.07) is 8.12. The lowest BCUT2D eigenvalue weighted by atomic mass is 10.00. The number of hydrogen-bond acceptors (Lipinski definition) is 2. The SMILES string of the molecule is CNC(=O)CC[C@H](C)[C@@H](C)OCc1ccc(Br)cc1. The van der Waals surface area contributed by atoms with E-state index in [1.807, 2.05) is 24.3 Å². The number of rotatable bonds is 7. The molecule has 0 aliphatic rings. The van der Waals surface area contributed by atoms with Crippen molar-refractivity contribution in [2.75, 3.05) is 7.05 Å². The molecule has 0 saturated carbocycles. The molecule has 0 saturated heterocycles. The van der Waals surface area contributed by atoms with Gasteiger partial charge in [-0.3, -0.25) is 4.79 Å². The summed E-state index contributed by atoms with van der Waals surface area (Å²) in [5.74, 6) is 0.458. The topological polar surface area (TPSA) is 38.3 Å². The molecule has 1 aromatic rings. The zero-order valence-corrected chi connectivity index (χ0v) is 13.4. The fourth-order valence-corrected chi connectivity index (χ4v) is 1.96. The van der Waals surface area contributed by atoms with E-state index in [4.69, 9.17) is 4.74 Å². The first-order valence-electron chi connectivity index (χ1n) is 6.59. The van der Waals surface area contributed by atoms with Crippen LogP contribution in [0.15, 0.2) is 28.7 Å². The summed E-state index contributed by atoms with van der Waals surface area (Å²) in [4.78, 5) is 11.2. The van der Waals surface area contributed by atoms with Crippen LogP contribution in [0.1, 0.15) is 32.3 Å². The fraction of sp³-hybridized carbons (Fsp3) is 0.533. The lowest BCUT2D eigenvalue weighted by Crippen LogP contribution is -2.22. The summed E-state index contributed by atoms with van der Waals surface area (Å²) in [5, 5.41) is 2.64. The Kier molecular flexibility index (Phi) is 7.10.